The lowest BCUT2D eigenvalue weighted by molar-refractivity contribution is 0.0547. The predicted octanol–water partition coefficient (Wildman–Crippen LogP) is 3.04. The third kappa shape index (κ3) is 2.32. The Morgan fingerprint density at radius 1 is 1.33 bits per heavy atom. The third-order valence-corrected chi connectivity index (χ3v) is 4.77. The molecule has 1 aliphatic heterocycles. The molecule has 0 amide bonds. The van der Waals surface area contributed by atoms with Crippen LogP contribution in [0.2, 0.25) is 0 Å². The molecule has 1 N–H and O–H groups in total. The fraction of sp³-hybridized carbons (Fsp3) is 0.625. The first-order chi connectivity index (χ1) is 8.63. The minimum absolute atomic E-state index is 0.0240. The van der Waals surface area contributed by atoms with Crippen molar-refractivity contribution in [2.45, 2.75) is 52.1 Å². The summed E-state index contributed by atoms with van der Waals surface area (Å²) in [5, 5.41) is 9.75. The molecule has 2 heteroatoms. The SMILES string of the molecule is CCC1(CO)CCCN1Cc1cccc(C)c1C. The van der Waals surface area contributed by atoms with Crippen LogP contribution in [-0.4, -0.2) is 28.7 Å². The average Bonchev–Trinajstić information content (AvgIpc) is 2.78. The second-order valence-electron chi connectivity index (χ2n) is 5.62. The van der Waals surface area contributed by atoms with Gasteiger partial charge in [-0.25, -0.2) is 0 Å². The second-order valence-corrected chi connectivity index (χ2v) is 5.62. The van der Waals surface area contributed by atoms with Crippen LogP contribution in [0.1, 0.15) is 42.9 Å². The second kappa shape index (κ2) is 5.41. The van der Waals surface area contributed by atoms with Crippen molar-refractivity contribution in [2.24, 2.45) is 0 Å². The molecule has 1 saturated heterocycles. The third-order valence-electron chi connectivity index (χ3n) is 4.77. The molecule has 0 bridgehead atoms. The maximum atomic E-state index is 9.75. The zero-order valence-corrected chi connectivity index (χ0v) is 11.9. The zero-order chi connectivity index (χ0) is 13.2. The largest absolute Gasteiger partial charge is 0.394 e. The number of nitrogens with zero attached hydrogens (tertiary/aromatic N) is 1. The number of benzene rings is 1. The molecule has 1 fully saturated rings. The van der Waals surface area contributed by atoms with Gasteiger partial charge in [0.05, 0.1) is 6.61 Å². The van der Waals surface area contributed by atoms with E-state index in [0.29, 0.717) is 0 Å². The molecule has 18 heavy (non-hydrogen) atoms. The highest BCUT2D eigenvalue weighted by molar-refractivity contribution is 5.33. The molecule has 0 saturated carbocycles. The first-order valence-electron chi connectivity index (χ1n) is 7.04. The summed E-state index contributed by atoms with van der Waals surface area (Å²) in [4.78, 5) is 2.48. The van der Waals surface area contributed by atoms with Crippen LogP contribution in [-0.2, 0) is 6.54 Å². The van der Waals surface area contributed by atoms with Gasteiger partial charge in [0.15, 0.2) is 0 Å². The maximum absolute atomic E-state index is 9.75. The van der Waals surface area contributed by atoms with Crippen LogP contribution in [0.3, 0.4) is 0 Å². The van der Waals surface area contributed by atoms with E-state index in [4.69, 9.17) is 0 Å². The van der Waals surface area contributed by atoms with Gasteiger partial charge in [0, 0.05) is 12.1 Å². The highest BCUT2D eigenvalue weighted by Crippen LogP contribution is 2.33. The molecule has 1 aromatic carbocycles. The Hall–Kier alpha value is -0.860. The zero-order valence-electron chi connectivity index (χ0n) is 11.9. The highest BCUT2D eigenvalue weighted by atomic mass is 16.3. The van der Waals surface area contributed by atoms with E-state index in [1.54, 1.807) is 0 Å². The standard InChI is InChI=1S/C16H25NO/c1-4-16(12-18)9-6-10-17(16)11-15-8-5-7-13(2)14(15)3/h5,7-8,18H,4,6,9-12H2,1-3H3. The van der Waals surface area contributed by atoms with Gasteiger partial charge in [-0.15, -0.1) is 0 Å². The van der Waals surface area contributed by atoms with Gasteiger partial charge >= 0.3 is 0 Å². The van der Waals surface area contributed by atoms with Crippen molar-refractivity contribution in [1.82, 2.24) is 4.90 Å². The summed E-state index contributed by atoms with van der Waals surface area (Å²) in [5.74, 6) is 0. The van der Waals surface area contributed by atoms with Crippen LogP contribution >= 0.6 is 0 Å². The number of likely N-dealkylation sites (tertiary alicyclic amines) is 1. The Morgan fingerprint density at radius 2 is 2.11 bits per heavy atom. The first-order valence-corrected chi connectivity index (χ1v) is 7.04. The van der Waals surface area contributed by atoms with Crippen LogP contribution in [0.25, 0.3) is 0 Å². The number of aliphatic hydroxyl groups excluding tert-OH is 1. The quantitative estimate of drug-likeness (QED) is 0.884. The summed E-state index contributed by atoms with van der Waals surface area (Å²) < 4.78 is 0. The van der Waals surface area contributed by atoms with Crippen molar-refractivity contribution in [3.05, 3.63) is 34.9 Å². The Bertz CT molecular complexity index is 410. The molecule has 2 nitrogen and oxygen atoms in total. The molecule has 0 radical (unpaired) electrons. The number of hydrogen-bond acceptors (Lipinski definition) is 2. The molecule has 0 spiro atoms. The van der Waals surface area contributed by atoms with Gasteiger partial charge in [0.2, 0.25) is 0 Å². The van der Waals surface area contributed by atoms with Gasteiger partial charge in [-0.3, -0.25) is 4.90 Å². The molecule has 1 unspecified atom stereocenters. The van der Waals surface area contributed by atoms with E-state index >= 15 is 0 Å². The topological polar surface area (TPSA) is 23.5 Å². The maximum Gasteiger partial charge on any atom is 0.0615 e. The number of aliphatic hydroxyl groups is 1. The van der Waals surface area contributed by atoms with Crippen molar-refractivity contribution in [3.8, 4) is 0 Å². The lowest BCUT2D eigenvalue weighted by Crippen LogP contribution is -2.46. The molecule has 1 aliphatic rings. The molecule has 2 rings (SSSR count). The molecular formula is C16H25NO. The van der Waals surface area contributed by atoms with Crippen LogP contribution in [0.4, 0.5) is 0 Å². The normalized spacial score (nSPS) is 24.7. The van der Waals surface area contributed by atoms with Crippen LogP contribution in [0, 0.1) is 13.8 Å². The van der Waals surface area contributed by atoms with E-state index in [1.165, 1.54) is 23.1 Å². The Labute approximate surface area is 111 Å². The molecule has 1 heterocycles. The lowest BCUT2D eigenvalue weighted by atomic mass is 9.93. The summed E-state index contributed by atoms with van der Waals surface area (Å²) in [6, 6.07) is 6.53. The molecule has 1 atom stereocenters. The van der Waals surface area contributed by atoms with Crippen LogP contribution in [0.5, 0.6) is 0 Å². The lowest BCUT2D eigenvalue weighted by Gasteiger charge is -2.36. The summed E-state index contributed by atoms with van der Waals surface area (Å²) in [5.41, 5.74) is 4.18. The molecule has 1 aromatic rings. The average molecular weight is 247 g/mol. The number of rotatable bonds is 4. The van der Waals surface area contributed by atoms with Gasteiger partial charge in [0.25, 0.3) is 0 Å². The monoisotopic (exact) mass is 247 g/mol. The number of aryl methyl sites for hydroxylation is 1. The van der Waals surface area contributed by atoms with Gasteiger partial charge in [-0.05, 0) is 56.3 Å². The fourth-order valence-corrected chi connectivity index (χ4v) is 3.12. The van der Waals surface area contributed by atoms with Gasteiger partial charge in [-0.1, -0.05) is 25.1 Å². The molecule has 0 aromatic heterocycles. The summed E-state index contributed by atoms with van der Waals surface area (Å²) in [6.07, 6.45) is 3.37. The minimum Gasteiger partial charge on any atom is -0.394 e. The van der Waals surface area contributed by atoms with Gasteiger partial charge < -0.3 is 5.11 Å². The van der Waals surface area contributed by atoms with E-state index < -0.39 is 0 Å². The van der Waals surface area contributed by atoms with Crippen molar-refractivity contribution >= 4 is 0 Å². The van der Waals surface area contributed by atoms with Crippen molar-refractivity contribution < 1.29 is 5.11 Å². The van der Waals surface area contributed by atoms with Crippen molar-refractivity contribution in [3.63, 3.8) is 0 Å². The first kappa shape index (κ1) is 13.6. The molecular weight excluding hydrogens is 222 g/mol. The highest BCUT2D eigenvalue weighted by Gasteiger charge is 2.38. The summed E-state index contributed by atoms with van der Waals surface area (Å²) >= 11 is 0. The molecule has 100 valence electrons. The predicted molar refractivity (Wildman–Crippen MR) is 75.7 cm³/mol. The fourth-order valence-electron chi connectivity index (χ4n) is 3.12. The van der Waals surface area contributed by atoms with E-state index in [9.17, 15) is 5.11 Å². The van der Waals surface area contributed by atoms with E-state index in [2.05, 4.69) is 43.9 Å². The molecule has 0 aliphatic carbocycles. The van der Waals surface area contributed by atoms with E-state index in [0.717, 1.165) is 25.9 Å². The van der Waals surface area contributed by atoms with Crippen LogP contribution < -0.4 is 0 Å². The van der Waals surface area contributed by atoms with Crippen molar-refractivity contribution in [1.29, 1.82) is 0 Å². The summed E-state index contributed by atoms with van der Waals surface area (Å²) in [6.45, 7) is 8.94. The summed E-state index contributed by atoms with van der Waals surface area (Å²) in [7, 11) is 0. The number of hydrogen-bond donors (Lipinski definition) is 1. The Balaban J connectivity index is 2.20. The van der Waals surface area contributed by atoms with E-state index in [1.807, 2.05) is 0 Å². The van der Waals surface area contributed by atoms with Crippen LogP contribution in [0.15, 0.2) is 18.2 Å². The Kier molecular flexibility index (Phi) is 4.08. The van der Waals surface area contributed by atoms with Gasteiger partial charge in [-0.2, -0.15) is 0 Å². The van der Waals surface area contributed by atoms with Gasteiger partial charge in [0.1, 0.15) is 0 Å². The minimum atomic E-state index is 0.0240. The smallest absolute Gasteiger partial charge is 0.0615 e. The Morgan fingerprint density at radius 3 is 2.78 bits per heavy atom. The van der Waals surface area contributed by atoms with E-state index in [-0.39, 0.29) is 12.1 Å². The van der Waals surface area contributed by atoms with Crippen molar-refractivity contribution in [2.75, 3.05) is 13.2 Å².